The maximum Gasteiger partial charge on any atom is 0.573 e. The monoisotopic (exact) mass is 512 g/mol. The van der Waals surface area contributed by atoms with Crippen LogP contribution in [0.25, 0.3) is 0 Å². The number of rotatable bonds is 7. The fourth-order valence-electron chi connectivity index (χ4n) is 3.95. The molecule has 1 unspecified atom stereocenters. The number of aryl methyl sites for hydroxylation is 1. The molecule has 0 spiro atoms. The van der Waals surface area contributed by atoms with Gasteiger partial charge in [-0.1, -0.05) is 6.07 Å². The van der Waals surface area contributed by atoms with Crippen LogP contribution in [0.1, 0.15) is 54.2 Å². The minimum atomic E-state index is -4.86. The van der Waals surface area contributed by atoms with E-state index in [9.17, 15) is 26.4 Å². The third-order valence-corrected chi connectivity index (χ3v) is 8.71. The molecule has 0 radical (unpaired) electrons. The van der Waals surface area contributed by atoms with Crippen LogP contribution in [0.3, 0.4) is 0 Å². The van der Waals surface area contributed by atoms with Crippen molar-refractivity contribution in [3.8, 4) is 5.75 Å². The maximum absolute atomic E-state index is 13.2. The van der Waals surface area contributed by atoms with E-state index in [-0.39, 0.29) is 23.2 Å². The number of amidine groups is 1. The van der Waals surface area contributed by atoms with Gasteiger partial charge in [0.1, 0.15) is 22.0 Å². The van der Waals surface area contributed by atoms with E-state index in [4.69, 9.17) is 5.73 Å². The van der Waals surface area contributed by atoms with Gasteiger partial charge in [0.25, 0.3) is 5.91 Å². The Kier molecular flexibility index (Phi) is 7.44. The number of hydrogen-bond acceptors (Lipinski definition) is 6. The van der Waals surface area contributed by atoms with E-state index in [1.165, 1.54) is 20.9 Å². The largest absolute Gasteiger partial charge is 0.573 e. The summed E-state index contributed by atoms with van der Waals surface area (Å²) in [6.45, 7) is 3.06. The molecule has 190 valence electrons. The normalized spacial score (nSPS) is 17.0. The number of nitrogens with one attached hydrogen (secondary N) is 1. The van der Waals surface area contributed by atoms with Gasteiger partial charge in [-0.05, 0) is 74.4 Å². The third kappa shape index (κ3) is 6.11. The summed E-state index contributed by atoms with van der Waals surface area (Å²) in [6.07, 6.45) is -1.78. The number of aliphatic imine (C=N–C) groups is 1. The quantitative estimate of drug-likeness (QED) is 0.429. The molecule has 1 atom stereocenters. The Bertz CT molecular complexity index is 1230. The molecule has 35 heavy (non-hydrogen) atoms. The molecular formula is C23H27F3N4O4S. The number of benzene rings is 1. The van der Waals surface area contributed by atoms with Crippen LogP contribution in [0.2, 0.25) is 0 Å². The molecule has 1 aliphatic rings. The van der Waals surface area contributed by atoms with Gasteiger partial charge < -0.3 is 15.8 Å². The van der Waals surface area contributed by atoms with Crippen molar-refractivity contribution >= 4 is 27.3 Å². The van der Waals surface area contributed by atoms with Crippen molar-refractivity contribution in [1.29, 1.82) is 0 Å². The average molecular weight is 513 g/mol. The number of carbonyl (C=O) groups excluding carboxylic acids is 1. The number of nitrogens with zero attached hydrogens (tertiary/aromatic N) is 2. The highest BCUT2D eigenvalue weighted by molar-refractivity contribution is 7.93. The topological polar surface area (TPSA) is 124 Å². The number of hydrogen-bond donors (Lipinski definition) is 2. The average Bonchev–Trinajstić information content (AvgIpc) is 2.78. The number of carbonyl (C=O) groups is 1. The second-order valence-corrected chi connectivity index (χ2v) is 11.4. The van der Waals surface area contributed by atoms with E-state index in [0.29, 0.717) is 12.1 Å². The Labute approximate surface area is 201 Å². The number of nitrogens with two attached hydrogens (primary N) is 1. The second-order valence-electron chi connectivity index (χ2n) is 8.78. The number of sulfone groups is 1. The fraction of sp³-hybridized carbons (Fsp3) is 0.435. The first kappa shape index (κ1) is 26.5. The molecule has 0 bridgehead atoms. The first-order valence-corrected chi connectivity index (χ1v) is 12.5. The summed E-state index contributed by atoms with van der Waals surface area (Å²) in [5, 5.41) is 2.66. The predicted molar refractivity (Wildman–Crippen MR) is 126 cm³/mol. The highest BCUT2D eigenvalue weighted by atomic mass is 32.2. The number of halogens is 3. The van der Waals surface area contributed by atoms with Gasteiger partial charge in [-0.2, -0.15) is 0 Å². The van der Waals surface area contributed by atoms with E-state index in [1.807, 2.05) is 6.07 Å². The molecule has 0 saturated heterocycles. The standard InChI is InChI=1S/C23H27F3N4O4S/c1-22(2,21(27)28-3)35(32,33)13-15-6-4-5-14-7-8-16(11-18(14)15)30-20(31)19-10-9-17(12-29-19)34-23(24,25)26/h7-12,15H,4-6,13H2,1-3H3,(H2,27,28)(H,30,31). The molecule has 12 heteroatoms. The van der Waals surface area contributed by atoms with E-state index < -0.39 is 32.6 Å². The maximum atomic E-state index is 13.2. The Morgan fingerprint density at radius 1 is 1.26 bits per heavy atom. The Morgan fingerprint density at radius 3 is 2.57 bits per heavy atom. The lowest BCUT2D eigenvalue weighted by Gasteiger charge is -2.30. The molecule has 0 saturated carbocycles. The number of amides is 1. The summed E-state index contributed by atoms with van der Waals surface area (Å²) < 4.78 is 65.7. The number of ether oxygens (including phenoxy) is 1. The molecule has 0 fully saturated rings. The first-order chi connectivity index (χ1) is 16.2. The minimum absolute atomic E-state index is 0.0358. The van der Waals surface area contributed by atoms with Crippen molar-refractivity contribution < 1.29 is 31.1 Å². The van der Waals surface area contributed by atoms with Crippen LogP contribution in [0.15, 0.2) is 41.5 Å². The molecule has 0 aliphatic heterocycles. The smallest absolute Gasteiger partial charge is 0.404 e. The summed E-state index contributed by atoms with van der Waals surface area (Å²) in [5.74, 6) is -1.54. The molecular weight excluding hydrogens is 485 g/mol. The van der Waals surface area contributed by atoms with Crippen LogP contribution in [-0.2, 0) is 16.3 Å². The molecule has 1 amide bonds. The second kappa shape index (κ2) is 9.84. The predicted octanol–water partition coefficient (Wildman–Crippen LogP) is 3.83. The van der Waals surface area contributed by atoms with Crippen molar-refractivity contribution in [3.05, 3.63) is 53.3 Å². The molecule has 1 heterocycles. The number of fused-ring (bicyclic) bond motifs is 1. The SMILES string of the molecule is CN=C(N)C(C)(C)S(=O)(=O)CC1CCCc2ccc(NC(=O)c3ccc(OC(F)(F)F)cn3)cc21. The van der Waals surface area contributed by atoms with Gasteiger partial charge in [0, 0.05) is 12.7 Å². The van der Waals surface area contributed by atoms with Crippen LogP contribution < -0.4 is 15.8 Å². The van der Waals surface area contributed by atoms with Crippen LogP contribution in [0.4, 0.5) is 18.9 Å². The highest BCUT2D eigenvalue weighted by Gasteiger charge is 2.40. The number of anilines is 1. The van der Waals surface area contributed by atoms with Crippen LogP contribution >= 0.6 is 0 Å². The van der Waals surface area contributed by atoms with E-state index >= 15 is 0 Å². The van der Waals surface area contributed by atoms with Crippen LogP contribution in [-0.4, -0.2) is 49.1 Å². The Balaban J connectivity index is 1.79. The highest BCUT2D eigenvalue weighted by Crippen LogP contribution is 2.36. The lowest BCUT2D eigenvalue weighted by atomic mass is 9.83. The molecule has 2 aromatic rings. The van der Waals surface area contributed by atoms with Crippen molar-refractivity contribution in [1.82, 2.24) is 4.98 Å². The zero-order chi connectivity index (χ0) is 26.0. The van der Waals surface area contributed by atoms with Gasteiger partial charge in [0.05, 0.1) is 11.9 Å². The van der Waals surface area contributed by atoms with E-state index in [0.717, 1.165) is 42.3 Å². The molecule has 3 N–H and O–H groups in total. The zero-order valence-electron chi connectivity index (χ0n) is 19.5. The van der Waals surface area contributed by atoms with Gasteiger partial charge in [-0.3, -0.25) is 9.79 Å². The van der Waals surface area contributed by atoms with Gasteiger partial charge in [-0.15, -0.1) is 13.2 Å². The molecule has 1 aromatic carbocycles. The lowest BCUT2D eigenvalue weighted by Crippen LogP contribution is -2.47. The van der Waals surface area contributed by atoms with Gasteiger partial charge >= 0.3 is 6.36 Å². The summed E-state index contributed by atoms with van der Waals surface area (Å²) in [5.41, 5.74) is 8.00. The third-order valence-electron chi connectivity index (χ3n) is 6.10. The number of pyridine rings is 1. The number of alkyl halides is 3. The molecule has 3 rings (SSSR count). The van der Waals surface area contributed by atoms with Crippen molar-refractivity contribution in [2.24, 2.45) is 10.7 Å². The van der Waals surface area contributed by atoms with Gasteiger partial charge in [0.2, 0.25) is 0 Å². The summed E-state index contributed by atoms with van der Waals surface area (Å²) in [7, 11) is -2.21. The van der Waals surface area contributed by atoms with Crippen LogP contribution in [0.5, 0.6) is 5.75 Å². The Morgan fingerprint density at radius 2 is 1.97 bits per heavy atom. The lowest BCUT2D eigenvalue weighted by molar-refractivity contribution is -0.274. The van der Waals surface area contributed by atoms with Crippen molar-refractivity contribution in [2.45, 2.75) is 50.1 Å². The summed E-state index contributed by atoms with van der Waals surface area (Å²) in [4.78, 5) is 20.2. The molecule has 1 aliphatic carbocycles. The Hall–Kier alpha value is -3.15. The van der Waals surface area contributed by atoms with E-state index in [1.54, 1.807) is 12.1 Å². The number of aromatic nitrogens is 1. The minimum Gasteiger partial charge on any atom is -0.404 e. The van der Waals surface area contributed by atoms with Gasteiger partial charge in [-0.25, -0.2) is 13.4 Å². The van der Waals surface area contributed by atoms with Crippen LogP contribution in [0, 0.1) is 0 Å². The molecule has 8 nitrogen and oxygen atoms in total. The summed E-state index contributed by atoms with van der Waals surface area (Å²) >= 11 is 0. The van der Waals surface area contributed by atoms with Gasteiger partial charge in [0.15, 0.2) is 9.84 Å². The first-order valence-electron chi connectivity index (χ1n) is 10.8. The van der Waals surface area contributed by atoms with Crippen molar-refractivity contribution in [2.75, 3.05) is 18.1 Å². The molecule has 1 aromatic heterocycles. The fourth-order valence-corrected chi connectivity index (χ4v) is 5.66. The van der Waals surface area contributed by atoms with E-state index in [2.05, 4.69) is 20.0 Å². The zero-order valence-corrected chi connectivity index (χ0v) is 20.3. The summed E-state index contributed by atoms with van der Waals surface area (Å²) in [6, 6.07) is 7.38. The van der Waals surface area contributed by atoms with Crippen molar-refractivity contribution in [3.63, 3.8) is 0 Å².